The number of nitrogens with zero attached hydrogens (tertiary/aromatic N) is 1. The first-order valence-electron chi connectivity index (χ1n) is 14.3. The number of non-ortho nitro benzene ring substituents is 1. The van der Waals surface area contributed by atoms with E-state index in [2.05, 4.69) is 5.32 Å². The SMILES string of the molecule is CCOC(=O)C1=C(C(F)(F)F)NC(C)=C(C(=O)OCCOc2ccccc2OCC(O)C(N)C(C)C)C1c1cccc([N+](=O)[O-])c1. The summed E-state index contributed by atoms with van der Waals surface area (Å²) in [5, 5.41) is 23.8. The quantitative estimate of drug-likeness (QED) is 0.115. The number of alkyl halides is 3. The number of nitro benzene ring substituents is 1. The number of benzene rings is 2. The summed E-state index contributed by atoms with van der Waals surface area (Å²) in [5.74, 6) is -3.62. The van der Waals surface area contributed by atoms with E-state index in [1.54, 1.807) is 24.3 Å². The van der Waals surface area contributed by atoms with Crippen LogP contribution < -0.4 is 20.5 Å². The van der Waals surface area contributed by atoms with E-state index in [4.69, 9.17) is 24.7 Å². The second-order valence-electron chi connectivity index (χ2n) is 10.6. The number of rotatable bonds is 14. The molecule has 0 aromatic heterocycles. The number of allylic oxidation sites excluding steroid dienone is 2. The van der Waals surface area contributed by atoms with Gasteiger partial charge < -0.3 is 35.1 Å². The number of halogens is 3. The number of para-hydroxylation sites is 2. The van der Waals surface area contributed by atoms with Crippen molar-refractivity contribution in [2.75, 3.05) is 26.4 Å². The van der Waals surface area contributed by atoms with Gasteiger partial charge in [-0.3, -0.25) is 10.1 Å². The van der Waals surface area contributed by atoms with Gasteiger partial charge in [-0.05, 0) is 37.5 Å². The van der Waals surface area contributed by atoms with Crippen LogP contribution in [0.2, 0.25) is 0 Å². The van der Waals surface area contributed by atoms with Crippen molar-refractivity contribution in [2.45, 2.75) is 51.9 Å². The predicted octanol–water partition coefficient (Wildman–Crippen LogP) is 4.28. The fraction of sp³-hybridized carbons (Fsp3) is 0.419. The number of nitrogens with one attached hydrogen (secondary N) is 1. The third kappa shape index (κ3) is 8.75. The second kappa shape index (κ2) is 15.6. The molecule has 0 aliphatic carbocycles. The van der Waals surface area contributed by atoms with E-state index >= 15 is 0 Å². The fourth-order valence-corrected chi connectivity index (χ4v) is 4.68. The highest BCUT2D eigenvalue weighted by Crippen LogP contribution is 2.44. The summed E-state index contributed by atoms with van der Waals surface area (Å²) in [4.78, 5) is 37.1. The van der Waals surface area contributed by atoms with Crippen molar-refractivity contribution in [3.05, 3.63) is 86.7 Å². The number of hydrogen-bond acceptors (Lipinski definition) is 11. The summed E-state index contributed by atoms with van der Waals surface area (Å²) in [6, 6.07) is 10.6. The van der Waals surface area contributed by atoms with E-state index in [1.807, 2.05) is 13.8 Å². The molecule has 2 aromatic rings. The Bertz CT molecular complexity index is 1490. The van der Waals surface area contributed by atoms with Crippen LogP contribution in [0, 0.1) is 16.0 Å². The average molecular weight is 652 g/mol. The number of nitro groups is 1. The molecule has 4 N–H and O–H groups in total. The van der Waals surface area contributed by atoms with Gasteiger partial charge in [0.15, 0.2) is 11.5 Å². The molecule has 1 aliphatic rings. The van der Waals surface area contributed by atoms with Gasteiger partial charge in [0.05, 0.1) is 28.6 Å². The van der Waals surface area contributed by atoms with Crippen molar-refractivity contribution >= 4 is 17.6 Å². The molecule has 12 nitrogen and oxygen atoms in total. The average Bonchev–Trinajstić information content (AvgIpc) is 3.00. The van der Waals surface area contributed by atoms with Gasteiger partial charge in [0.1, 0.15) is 31.6 Å². The van der Waals surface area contributed by atoms with Gasteiger partial charge in [0.25, 0.3) is 5.69 Å². The molecule has 3 rings (SSSR count). The van der Waals surface area contributed by atoms with Crippen molar-refractivity contribution in [1.82, 2.24) is 5.32 Å². The van der Waals surface area contributed by atoms with Gasteiger partial charge in [-0.1, -0.05) is 38.1 Å². The highest BCUT2D eigenvalue weighted by molar-refractivity contribution is 6.00. The zero-order valence-electron chi connectivity index (χ0n) is 25.6. The number of carbonyl (C=O) groups is 2. The van der Waals surface area contributed by atoms with Crippen LogP contribution in [0.15, 0.2) is 71.1 Å². The first-order chi connectivity index (χ1) is 21.7. The van der Waals surface area contributed by atoms with E-state index in [9.17, 15) is 38.0 Å². The monoisotopic (exact) mass is 651 g/mol. The molecule has 250 valence electrons. The number of esters is 2. The van der Waals surface area contributed by atoms with Crippen LogP contribution in [0.3, 0.4) is 0 Å². The number of aliphatic hydroxyl groups is 1. The van der Waals surface area contributed by atoms with Crippen molar-refractivity contribution in [3.8, 4) is 11.5 Å². The van der Waals surface area contributed by atoms with Crippen molar-refractivity contribution in [2.24, 2.45) is 11.7 Å². The maximum atomic E-state index is 14.2. The van der Waals surface area contributed by atoms with Crippen LogP contribution in [0.1, 0.15) is 39.2 Å². The minimum absolute atomic E-state index is 0.0124. The topological polar surface area (TPSA) is 172 Å². The van der Waals surface area contributed by atoms with Gasteiger partial charge in [-0.2, -0.15) is 13.2 Å². The minimum atomic E-state index is -5.07. The van der Waals surface area contributed by atoms with Gasteiger partial charge in [0.2, 0.25) is 0 Å². The van der Waals surface area contributed by atoms with Crippen LogP contribution in [0.5, 0.6) is 11.5 Å². The highest BCUT2D eigenvalue weighted by atomic mass is 19.4. The van der Waals surface area contributed by atoms with Crippen LogP contribution in [-0.2, 0) is 19.1 Å². The highest BCUT2D eigenvalue weighted by Gasteiger charge is 2.47. The molecule has 15 heteroatoms. The van der Waals surface area contributed by atoms with E-state index in [-0.39, 0.29) is 60.7 Å². The van der Waals surface area contributed by atoms with Crippen molar-refractivity contribution in [1.29, 1.82) is 0 Å². The molecule has 1 heterocycles. The van der Waals surface area contributed by atoms with E-state index in [1.165, 1.54) is 26.0 Å². The lowest BCUT2D eigenvalue weighted by Gasteiger charge is -2.32. The summed E-state index contributed by atoms with van der Waals surface area (Å²) in [6.45, 7) is 5.34. The van der Waals surface area contributed by atoms with Crippen molar-refractivity contribution in [3.63, 3.8) is 0 Å². The maximum absolute atomic E-state index is 14.2. The Morgan fingerprint density at radius 1 is 1.02 bits per heavy atom. The smallest absolute Gasteiger partial charge is 0.431 e. The molecular weight excluding hydrogens is 615 g/mol. The zero-order chi connectivity index (χ0) is 34.2. The summed E-state index contributed by atoms with van der Waals surface area (Å²) in [5.41, 5.74) is 2.30. The first-order valence-corrected chi connectivity index (χ1v) is 14.3. The predicted molar refractivity (Wildman–Crippen MR) is 159 cm³/mol. The van der Waals surface area contributed by atoms with Crippen LogP contribution in [0.4, 0.5) is 18.9 Å². The molecule has 46 heavy (non-hydrogen) atoms. The fourth-order valence-electron chi connectivity index (χ4n) is 4.68. The minimum Gasteiger partial charge on any atom is -0.487 e. The Morgan fingerprint density at radius 2 is 1.65 bits per heavy atom. The molecule has 3 unspecified atom stereocenters. The molecule has 1 aliphatic heterocycles. The number of dihydropyridines is 1. The molecule has 3 atom stereocenters. The lowest BCUT2D eigenvalue weighted by molar-refractivity contribution is -0.384. The number of carbonyl (C=O) groups excluding carboxylic acids is 2. The lowest BCUT2D eigenvalue weighted by Crippen LogP contribution is -2.42. The number of aliphatic hydroxyl groups excluding tert-OH is 1. The Hall–Kier alpha value is -4.63. The van der Waals surface area contributed by atoms with Gasteiger partial charge >= 0.3 is 18.1 Å². The number of ether oxygens (including phenoxy) is 4. The second-order valence-corrected chi connectivity index (χ2v) is 10.6. The third-order valence-electron chi connectivity index (χ3n) is 7.02. The number of hydrogen-bond donors (Lipinski definition) is 3. The molecule has 0 saturated heterocycles. The largest absolute Gasteiger partial charge is 0.487 e. The van der Waals surface area contributed by atoms with E-state index in [0.29, 0.717) is 0 Å². The van der Waals surface area contributed by atoms with Gasteiger partial charge in [-0.25, -0.2) is 9.59 Å². The molecule has 2 aromatic carbocycles. The Labute approximate surface area is 263 Å². The molecule has 0 radical (unpaired) electrons. The molecule has 0 spiro atoms. The summed E-state index contributed by atoms with van der Waals surface area (Å²) in [6.07, 6.45) is -6.02. The Morgan fingerprint density at radius 3 is 2.24 bits per heavy atom. The normalized spacial score (nSPS) is 16.4. The van der Waals surface area contributed by atoms with Crippen molar-refractivity contribution < 1.29 is 51.7 Å². The van der Waals surface area contributed by atoms with Crippen LogP contribution in [-0.4, -0.2) is 66.7 Å². The molecular formula is C31H36F3N3O9. The maximum Gasteiger partial charge on any atom is 0.431 e. The standard InChI is InChI=1S/C31H36F3N3O9/c1-5-43-30(40)26-25(19-9-8-10-20(15-19)37(41)42)24(18(4)36-28(26)31(32,33)34)29(39)45-14-13-44-22-11-6-7-12-23(22)46-16-21(38)27(35)17(2)3/h6-12,15,17,21,25,27,36,38H,5,13-14,16,35H2,1-4H3. The molecule has 0 fully saturated rings. The summed E-state index contributed by atoms with van der Waals surface area (Å²) >= 11 is 0. The molecule has 0 bridgehead atoms. The van der Waals surface area contributed by atoms with Crippen LogP contribution >= 0.6 is 0 Å². The first kappa shape index (κ1) is 35.8. The Balaban J connectivity index is 1.85. The summed E-state index contributed by atoms with van der Waals surface area (Å²) < 4.78 is 64.2. The Kier molecular flexibility index (Phi) is 12.1. The lowest BCUT2D eigenvalue weighted by atomic mass is 9.80. The summed E-state index contributed by atoms with van der Waals surface area (Å²) in [7, 11) is 0. The van der Waals surface area contributed by atoms with Gasteiger partial charge in [0, 0.05) is 23.9 Å². The van der Waals surface area contributed by atoms with Crippen LogP contribution in [0.25, 0.3) is 0 Å². The molecule has 0 saturated carbocycles. The van der Waals surface area contributed by atoms with E-state index in [0.717, 1.165) is 12.1 Å². The third-order valence-corrected chi connectivity index (χ3v) is 7.02. The zero-order valence-corrected chi connectivity index (χ0v) is 25.6. The van der Waals surface area contributed by atoms with E-state index < -0.39 is 58.1 Å². The van der Waals surface area contributed by atoms with Gasteiger partial charge in [-0.15, -0.1) is 0 Å². The molecule has 0 amide bonds. The number of nitrogens with two attached hydrogens (primary N) is 1.